The molecule has 0 saturated heterocycles. The van der Waals surface area contributed by atoms with Crippen LogP contribution >= 0.6 is 0 Å². The number of anilines is 1. The van der Waals surface area contributed by atoms with Crippen LogP contribution in [0.5, 0.6) is 5.75 Å². The number of ether oxygens (including phenoxy) is 1. The molecule has 0 unspecified atom stereocenters. The molecule has 1 N–H and O–H groups in total. The lowest BCUT2D eigenvalue weighted by atomic mass is 10.4. The predicted octanol–water partition coefficient (Wildman–Crippen LogP) is 1.74. The first kappa shape index (κ1) is 13.6. The fourth-order valence-electron chi connectivity index (χ4n) is 0.916. The van der Waals surface area contributed by atoms with Gasteiger partial charge in [-0.25, -0.2) is 8.42 Å². The molecule has 1 rings (SSSR count). The Hall–Kier alpha value is -1.51. The van der Waals surface area contributed by atoms with Crippen LogP contribution < -0.4 is 9.46 Å². The number of sulfonamides is 1. The van der Waals surface area contributed by atoms with Crippen LogP contribution in [0, 0.1) is 0 Å². The molecule has 1 aromatic rings. The van der Waals surface area contributed by atoms with E-state index in [9.17, 15) is 21.6 Å². The SMILES string of the molecule is CCS(=O)(=O)Nc1cncc(OC(F)(F)F)c1. The van der Waals surface area contributed by atoms with Gasteiger partial charge in [0.25, 0.3) is 0 Å². The Morgan fingerprint density at radius 1 is 1.41 bits per heavy atom. The molecule has 0 saturated carbocycles. The van der Waals surface area contributed by atoms with Crippen LogP contribution in [0.3, 0.4) is 0 Å². The topological polar surface area (TPSA) is 68.3 Å². The highest BCUT2D eigenvalue weighted by Crippen LogP contribution is 2.24. The van der Waals surface area contributed by atoms with Crippen LogP contribution in [-0.4, -0.2) is 25.5 Å². The van der Waals surface area contributed by atoms with Crippen LogP contribution in [0.4, 0.5) is 18.9 Å². The van der Waals surface area contributed by atoms with E-state index in [1.165, 1.54) is 6.92 Å². The summed E-state index contributed by atoms with van der Waals surface area (Å²) >= 11 is 0. The smallest absolute Gasteiger partial charge is 0.404 e. The van der Waals surface area contributed by atoms with Gasteiger partial charge >= 0.3 is 6.36 Å². The maximum absolute atomic E-state index is 11.9. The van der Waals surface area contributed by atoms with Gasteiger partial charge < -0.3 is 4.74 Å². The normalized spacial score (nSPS) is 12.2. The number of halogens is 3. The summed E-state index contributed by atoms with van der Waals surface area (Å²) in [6, 6.07) is 0.897. The van der Waals surface area contributed by atoms with Crippen LogP contribution in [0.2, 0.25) is 0 Å². The summed E-state index contributed by atoms with van der Waals surface area (Å²) < 4.78 is 63.6. The van der Waals surface area contributed by atoms with Crippen molar-refractivity contribution in [2.45, 2.75) is 13.3 Å². The molecule has 1 heterocycles. The van der Waals surface area contributed by atoms with Gasteiger partial charge in [-0.2, -0.15) is 0 Å². The molecule has 0 aliphatic heterocycles. The van der Waals surface area contributed by atoms with Crippen LogP contribution in [-0.2, 0) is 10.0 Å². The first-order chi connectivity index (χ1) is 7.72. The third-order valence-electron chi connectivity index (χ3n) is 1.60. The van der Waals surface area contributed by atoms with Gasteiger partial charge in [-0.15, -0.1) is 13.2 Å². The number of aromatic nitrogens is 1. The second-order valence-electron chi connectivity index (χ2n) is 2.96. The summed E-state index contributed by atoms with van der Waals surface area (Å²) in [5.74, 6) is -0.786. The van der Waals surface area contributed by atoms with Gasteiger partial charge in [0.15, 0.2) is 0 Å². The maximum Gasteiger partial charge on any atom is 0.573 e. The molecule has 0 aliphatic rings. The number of pyridine rings is 1. The van der Waals surface area contributed by atoms with Crippen LogP contribution in [0.1, 0.15) is 6.92 Å². The first-order valence-electron chi connectivity index (χ1n) is 4.43. The largest absolute Gasteiger partial charge is 0.573 e. The monoisotopic (exact) mass is 270 g/mol. The summed E-state index contributed by atoms with van der Waals surface area (Å²) in [4.78, 5) is 3.44. The van der Waals surface area contributed by atoms with Crippen molar-refractivity contribution in [2.24, 2.45) is 0 Å². The zero-order valence-electron chi connectivity index (χ0n) is 8.65. The number of nitrogens with one attached hydrogen (secondary N) is 1. The van der Waals surface area contributed by atoms with E-state index in [1.807, 2.05) is 0 Å². The standard InChI is InChI=1S/C8H9F3N2O3S/c1-2-17(14,15)13-6-3-7(5-12-4-6)16-8(9,10)11/h3-5,13H,2H2,1H3. The average molecular weight is 270 g/mol. The average Bonchev–Trinajstić information content (AvgIpc) is 2.14. The number of nitrogens with zero attached hydrogens (tertiary/aromatic N) is 1. The number of hydrogen-bond donors (Lipinski definition) is 1. The minimum absolute atomic E-state index is 0.0893. The summed E-state index contributed by atoms with van der Waals surface area (Å²) in [7, 11) is -3.56. The van der Waals surface area contributed by atoms with E-state index in [4.69, 9.17) is 0 Å². The van der Waals surface area contributed by atoms with E-state index in [-0.39, 0.29) is 11.4 Å². The van der Waals surface area contributed by atoms with Crippen molar-refractivity contribution in [3.63, 3.8) is 0 Å². The van der Waals surface area contributed by atoms with Crippen molar-refractivity contribution < 1.29 is 26.3 Å². The van der Waals surface area contributed by atoms with Crippen LogP contribution in [0.25, 0.3) is 0 Å². The van der Waals surface area contributed by atoms with Crippen molar-refractivity contribution in [2.75, 3.05) is 10.5 Å². The molecule has 96 valence electrons. The molecule has 1 aromatic heterocycles. The molecular formula is C8H9F3N2O3S. The lowest BCUT2D eigenvalue weighted by Crippen LogP contribution is -2.18. The number of hydrogen-bond acceptors (Lipinski definition) is 4. The van der Waals surface area contributed by atoms with Crippen molar-refractivity contribution in [3.8, 4) is 5.75 Å². The maximum atomic E-state index is 11.9. The molecule has 0 spiro atoms. The van der Waals surface area contributed by atoms with E-state index < -0.39 is 22.1 Å². The van der Waals surface area contributed by atoms with Crippen LogP contribution in [0.15, 0.2) is 18.5 Å². The van der Waals surface area contributed by atoms with Crippen molar-refractivity contribution >= 4 is 15.7 Å². The summed E-state index contributed by atoms with van der Waals surface area (Å²) in [6.07, 6.45) is -2.93. The zero-order valence-corrected chi connectivity index (χ0v) is 9.47. The molecule has 0 bridgehead atoms. The Balaban J connectivity index is 2.87. The summed E-state index contributed by atoms with van der Waals surface area (Å²) in [5, 5.41) is 0. The zero-order chi connectivity index (χ0) is 13.1. The molecular weight excluding hydrogens is 261 g/mol. The highest BCUT2D eigenvalue weighted by atomic mass is 32.2. The predicted molar refractivity (Wildman–Crippen MR) is 54.0 cm³/mol. The van der Waals surface area contributed by atoms with Gasteiger partial charge in [-0.05, 0) is 6.92 Å². The number of alkyl halides is 3. The second-order valence-corrected chi connectivity index (χ2v) is 4.97. The second kappa shape index (κ2) is 4.78. The van der Waals surface area contributed by atoms with Gasteiger partial charge in [-0.3, -0.25) is 9.71 Å². The van der Waals surface area contributed by atoms with E-state index in [1.54, 1.807) is 0 Å². The lowest BCUT2D eigenvalue weighted by molar-refractivity contribution is -0.274. The highest BCUT2D eigenvalue weighted by Gasteiger charge is 2.31. The Labute approximate surface area is 95.7 Å². The molecule has 0 aliphatic carbocycles. The van der Waals surface area contributed by atoms with Crippen molar-refractivity contribution in [1.82, 2.24) is 4.98 Å². The molecule has 17 heavy (non-hydrogen) atoms. The van der Waals surface area contributed by atoms with E-state index in [0.29, 0.717) is 0 Å². The minimum atomic E-state index is -4.84. The summed E-state index contributed by atoms with van der Waals surface area (Å²) in [6.45, 7) is 1.39. The quantitative estimate of drug-likeness (QED) is 0.904. The minimum Gasteiger partial charge on any atom is -0.404 e. The summed E-state index contributed by atoms with van der Waals surface area (Å²) in [5.41, 5.74) is -0.0893. The van der Waals surface area contributed by atoms with Gasteiger partial charge in [-0.1, -0.05) is 0 Å². The van der Waals surface area contributed by atoms with E-state index >= 15 is 0 Å². The van der Waals surface area contributed by atoms with Gasteiger partial charge in [0.1, 0.15) is 5.75 Å². The molecule has 0 fully saturated rings. The third kappa shape index (κ3) is 4.89. The molecule has 5 nitrogen and oxygen atoms in total. The molecule has 0 aromatic carbocycles. The Kier molecular flexibility index (Phi) is 3.81. The third-order valence-corrected chi connectivity index (χ3v) is 2.91. The van der Waals surface area contributed by atoms with Gasteiger partial charge in [0, 0.05) is 6.07 Å². The van der Waals surface area contributed by atoms with Gasteiger partial charge in [0.2, 0.25) is 10.0 Å². The Morgan fingerprint density at radius 3 is 2.59 bits per heavy atom. The van der Waals surface area contributed by atoms with E-state index in [0.717, 1.165) is 18.5 Å². The van der Waals surface area contributed by atoms with Crippen molar-refractivity contribution in [3.05, 3.63) is 18.5 Å². The van der Waals surface area contributed by atoms with E-state index in [2.05, 4.69) is 14.4 Å². The number of rotatable bonds is 4. The first-order valence-corrected chi connectivity index (χ1v) is 6.08. The van der Waals surface area contributed by atoms with Gasteiger partial charge in [0.05, 0.1) is 23.8 Å². The lowest BCUT2D eigenvalue weighted by Gasteiger charge is -2.10. The molecule has 0 atom stereocenters. The molecule has 0 amide bonds. The molecule has 0 radical (unpaired) electrons. The molecule has 9 heteroatoms. The van der Waals surface area contributed by atoms with Crippen molar-refractivity contribution in [1.29, 1.82) is 0 Å². The fourth-order valence-corrected chi connectivity index (χ4v) is 1.53. The fraction of sp³-hybridized carbons (Fsp3) is 0.375. The Morgan fingerprint density at radius 2 is 2.06 bits per heavy atom. The highest BCUT2D eigenvalue weighted by molar-refractivity contribution is 7.92. The Bertz CT molecular complexity index is 487.